The fraction of sp³-hybridized carbons (Fsp3) is 0.133. The first kappa shape index (κ1) is 12.3. The van der Waals surface area contributed by atoms with Gasteiger partial charge in [-0.05, 0) is 18.2 Å². The molecule has 0 atom stereocenters. The van der Waals surface area contributed by atoms with Crippen molar-refractivity contribution in [1.29, 1.82) is 0 Å². The normalized spacial score (nSPS) is 11.1. The van der Waals surface area contributed by atoms with Crippen LogP contribution in [0.25, 0.3) is 22.2 Å². The van der Waals surface area contributed by atoms with Crippen LogP contribution in [-0.2, 0) is 14.1 Å². The summed E-state index contributed by atoms with van der Waals surface area (Å²) in [6.07, 6.45) is 1.89. The number of hydrogen-bond acceptors (Lipinski definition) is 2. The van der Waals surface area contributed by atoms with Crippen molar-refractivity contribution in [2.24, 2.45) is 14.1 Å². The first-order chi connectivity index (χ1) is 9.50. The standard InChI is InChI=1S/C15H14N2O3/c1-16-8-10(9-4-3-5-13(18)14(9)16)11-6-7-12(15(19)20)17(11)2/h3-8,18H,1-2H3,(H,19,20). The number of carboxylic acid groups (broad SMARTS) is 1. The molecule has 0 unspecified atom stereocenters. The van der Waals surface area contributed by atoms with Gasteiger partial charge in [0.1, 0.15) is 11.4 Å². The zero-order chi connectivity index (χ0) is 14.4. The van der Waals surface area contributed by atoms with Crippen LogP contribution in [0.1, 0.15) is 10.5 Å². The van der Waals surface area contributed by atoms with Crippen molar-refractivity contribution in [1.82, 2.24) is 9.13 Å². The summed E-state index contributed by atoms with van der Waals surface area (Å²) in [6, 6.07) is 8.70. The minimum absolute atomic E-state index is 0.212. The van der Waals surface area contributed by atoms with Crippen molar-refractivity contribution >= 4 is 16.9 Å². The lowest BCUT2D eigenvalue weighted by atomic mass is 10.1. The van der Waals surface area contributed by atoms with E-state index in [1.54, 1.807) is 35.9 Å². The molecule has 0 aliphatic rings. The zero-order valence-corrected chi connectivity index (χ0v) is 11.2. The van der Waals surface area contributed by atoms with Crippen molar-refractivity contribution in [2.75, 3.05) is 0 Å². The first-order valence-electron chi connectivity index (χ1n) is 6.17. The van der Waals surface area contributed by atoms with Crippen molar-refractivity contribution in [2.45, 2.75) is 0 Å². The van der Waals surface area contributed by atoms with Crippen LogP contribution in [0.5, 0.6) is 5.75 Å². The number of para-hydroxylation sites is 1. The highest BCUT2D eigenvalue weighted by Crippen LogP contribution is 2.34. The number of phenolic OH excluding ortho intramolecular Hbond substituents is 1. The highest BCUT2D eigenvalue weighted by molar-refractivity contribution is 5.99. The molecule has 2 N–H and O–H groups in total. The SMILES string of the molecule is Cn1c(C(=O)O)ccc1-c1cn(C)c2c(O)cccc12. The number of aromatic hydroxyl groups is 1. The van der Waals surface area contributed by atoms with Crippen molar-refractivity contribution < 1.29 is 15.0 Å². The molecule has 0 bridgehead atoms. The van der Waals surface area contributed by atoms with E-state index in [-0.39, 0.29) is 11.4 Å². The Balaban J connectivity index is 2.31. The lowest BCUT2D eigenvalue weighted by Gasteiger charge is -2.04. The van der Waals surface area contributed by atoms with E-state index in [4.69, 9.17) is 5.11 Å². The highest BCUT2D eigenvalue weighted by atomic mass is 16.4. The molecule has 0 aliphatic heterocycles. The average molecular weight is 270 g/mol. The van der Waals surface area contributed by atoms with Crippen LogP contribution in [0, 0.1) is 0 Å². The number of aromatic nitrogens is 2. The zero-order valence-electron chi connectivity index (χ0n) is 11.2. The molecule has 5 heteroatoms. The second kappa shape index (κ2) is 4.16. The third-order valence-corrected chi connectivity index (χ3v) is 3.60. The van der Waals surface area contributed by atoms with Gasteiger partial charge in [-0.15, -0.1) is 0 Å². The molecule has 0 fully saturated rings. The molecule has 2 heterocycles. The summed E-state index contributed by atoms with van der Waals surface area (Å²) in [5, 5.41) is 20.0. The van der Waals surface area contributed by atoms with Gasteiger partial charge in [-0.25, -0.2) is 4.79 Å². The van der Waals surface area contributed by atoms with E-state index in [0.29, 0.717) is 0 Å². The molecule has 0 radical (unpaired) electrons. The molecular weight excluding hydrogens is 256 g/mol. The van der Waals surface area contributed by atoms with Gasteiger partial charge < -0.3 is 19.3 Å². The third kappa shape index (κ3) is 1.60. The number of hydrogen-bond donors (Lipinski definition) is 2. The minimum atomic E-state index is -0.957. The minimum Gasteiger partial charge on any atom is -0.506 e. The summed E-state index contributed by atoms with van der Waals surface area (Å²) < 4.78 is 3.48. The number of benzene rings is 1. The van der Waals surface area contributed by atoms with Gasteiger partial charge in [0, 0.05) is 31.2 Å². The third-order valence-electron chi connectivity index (χ3n) is 3.60. The summed E-state index contributed by atoms with van der Waals surface area (Å²) in [5.41, 5.74) is 2.67. The lowest BCUT2D eigenvalue weighted by molar-refractivity contribution is 0.0686. The first-order valence-corrected chi connectivity index (χ1v) is 6.17. The Bertz CT molecular complexity index is 827. The largest absolute Gasteiger partial charge is 0.506 e. The summed E-state index contributed by atoms with van der Waals surface area (Å²) in [6.45, 7) is 0. The Labute approximate surface area is 115 Å². The maximum Gasteiger partial charge on any atom is 0.352 e. The Kier molecular flexibility index (Phi) is 2.57. The van der Waals surface area contributed by atoms with Crippen molar-refractivity contribution in [3.05, 3.63) is 42.2 Å². The number of aromatic carboxylic acids is 1. The maximum atomic E-state index is 11.1. The van der Waals surface area contributed by atoms with E-state index < -0.39 is 5.97 Å². The quantitative estimate of drug-likeness (QED) is 0.752. The van der Waals surface area contributed by atoms with E-state index in [1.165, 1.54) is 0 Å². The van der Waals surface area contributed by atoms with Crippen LogP contribution in [-0.4, -0.2) is 25.3 Å². The van der Waals surface area contributed by atoms with E-state index in [2.05, 4.69) is 0 Å². The maximum absolute atomic E-state index is 11.1. The second-order valence-corrected chi connectivity index (χ2v) is 4.79. The van der Waals surface area contributed by atoms with E-state index in [1.807, 2.05) is 23.9 Å². The Morgan fingerprint density at radius 2 is 1.90 bits per heavy atom. The molecule has 3 rings (SSSR count). The molecule has 20 heavy (non-hydrogen) atoms. The summed E-state index contributed by atoms with van der Waals surface area (Å²) >= 11 is 0. The lowest BCUT2D eigenvalue weighted by Crippen LogP contribution is -2.04. The summed E-state index contributed by atoms with van der Waals surface area (Å²) in [4.78, 5) is 11.1. The van der Waals surface area contributed by atoms with Crippen LogP contribution in [0.15, 0.2) is 36.5 Å². The Morgan fingerprint density at radius 3 is 2.55 bits per heavy atom. The number of fused-ring (bicyclic) bond motifs is 1. The summed E-state index contributed by atoms with van der Waals surface area (Å²) in [7, 11) is 3.58. The van der Waals surface area contributed by atoms with Crippen LogP contribution in [0.2, 0.25) is 0 Å². The van der Waals surface area contributed by atoms with Crippen LogP contribution in [0.4, 0.5) is 0 Å². The molecule has 0 spiro atoms. The second-order valence-electron chi connectivity index (χ2n) is 4.79. The van der Waals surface area contributed by atoms with Gasteiger partial charge in [-0.3, -0.25) is 0 Å². The van der Waals surface area contributed by atoms with Gasteiger partial charge in [0.05, 0.1) is 11.2 Å². The van der Waals surface area contributed by atoms with Crippen LogP contribution < -0.4 is 0 Å². The highest BCUT2D eigenvalue weighted by Gasteiger charge is 2.17. The van der Waals surface area contributed by atoms with Gasteiger partial charge in [0.15, 0.2) is 0 Å². The summed E-state index contributed by atoms with van der Waals surface area (Å²) in [5.74, 6) is -0.745. The van der Waals surface area contributed by atoms with Gasteiger partial charge in [-0.2, -0.15) is 0 Å². The van der Waals surface area contributed by atoms with Gasteiger partial charge in [-0.1, -0.05) is 12.1 Å². The van der Waals surface area contributed by atoms with Gasteiger partial charge in [0.2, 0.25) is 0 Å². The molecule has 1 aromatic carbocycles. The monoisotopic (exact) mass is 270 g/mol. The molecule has 0 saturated heterocycles. The number of nitrogens with zero attached hydrogens (tertiary/aromatic N) is 2. The molecule has 102 valence electrons. The van der Waals surface area contributed by atoms with E-state index in [0.717, 1.165) is 22.2 Å². The molecular formula is C15H14N2O3. The topological polar surface area (TPSA) is 67.4 Å². The number of aryl methyl sites for hydroxylation is 1. The van der Waals surface area contributed by atoms with Crippen molar-refractivity contribution in [3.8, 4) is 17.0 Å². The predicted molar refractivity (Wildman–Crippen MR) is 76.0 cm³/mol. The molecule has 2 aromatic heterocycles. The molecule has 0 amide bonds. The predicted octanol–water partition coefficient (Wildman–Crippen LogP) is 2.59. The number of carboxylic acids is 1. The fourth-order valence-electron chi connectivity index (χ4n) is 2.65. The molecule has 5 nitrogen and oxygen atoms in total. The molecule has 3 aromatic rings. The van der Waals surface area contributed by atoms with Crippen LogP contribution >= 0.6 is 0 Å². The number of carbonyl (C=O) groups is 1. The smallest absolute Gasteiger partial charge is 0.352 e. The Hall–Kier alpha value is -2.69. The van der Waals surface area contributed by atoms with Gasteiger partial charge >= 0.3 is 5.97 Å². The Morgan fingerprint density at radius 1 is 1.15 bits per heavy atom. The van der Waals surface area contributed by atoms with Gasteiger partial charge in [0.25, 0.3) is 0 Å². The fourth-order valence-corrected chi connectivity index (χ4v) is 2.65. The van der Waals surface area contributed by atoms with E-state index in [9.17, 15) is 9.90 Å². The average Bonchev–Trinajstić information content (AvgIpc) is 2.91. The molecule has 0 aliphatic carbocycles. The molecule has 0 saturated carbocycles. The van der Waals surface area contributed by atoms with Crippen molar-refractivity contribution in [3.63, 3.8) is 0 Å². The van der Waals surface area contributed by atoms with Crippen LogP contribution in [0.3, 0.4) is 0 Å². The number of rotatable bonds is 2. The number of phenols is 1. The van der Waals surface area contributed by atoms with E-state index >= 15 is 0 Å².